The highest BCUT2D eigenvalue weighted by molar-refractivity contribution is 8.33. The molecule has 0 aliphatic heterocycles. The fourth-order valence-corrected chi connectivity index (χ4v) is 7.51. The summed E-state index contributed by atoms with van der Waals surface area (Å²) in [6.07, 6.45) is 1.26. The van der Waals surface area contributed by atoms with Gasteiger partial charge in [0, 0.05) is 6.08 Å². The molecule has 6 heteroatoms. The van der Waals surface area contributed by atoms with E-state index in [-0.39, 0.29) is 13.2 Å². The van der Waals surface area contributed by atoms with Crippen LogP contribution in [-0.4, -0.2) is 37.6 Å². The van der Waals surface area contributed by atoms with Crippen LogP contribution in [0.15, 0.2) is 118 Å². The van der Waals surface area contributed by atoms with Crippen LogP contribution in [0.3, 0.4) is 0 Å². The number of esters is 1. The zero-order chi connectivity index (χ0) is 23.4. The van der Waals surface area contributed by atoms with Crippen molar-refractivity contribution in [3.8, 4) is 0 Å². The molecule has 1 amide bonds. The van der Waals surface area contributed by atoms with Crippen LogP contribution in [0.4, 0.5) is 4.79 Å². The van der Waals surface area contributed by atoms with Crippen LogP contribution in [0.2, 0.25) is 0 Å². The molecule has 0 bridgehead atoms. The number of benzene rings is 3. The van der Waals surface area contributed by atoms with Gasteiger partial charge >= 0.3 is 12.1 Å². The summed E-state index contributed by atoms with van der Waals surface area (Å²) in [5.74, 6) is 0.321. The van der Waals surface area contributed by atoms with Gasteiger partial charge in [0.25, 0.3) is 0 Å². The monoisotopic (exact) mass is 463 g/mol. The standard InChI is InChI=1S/C27H29NO4S/c1-2-26(29)31-21-19-28-27(30)32-20-12-22-33(23-13-6-3-7-14-23,24-15-8-4-9-16-24)25-17-10-5-11-18-25/h2-11,13-18H,1,12,19-22H2,(H,28,30). The van der Waals surface area contributed by atoms with Crippen LogP contribution in [0.5, 0.6) is 0 Å². The lowest BCUT2D eigenvalue weighted by atomic mass is 10.4. The van der Waals surface area contributed by atoms with Gasteiger partial charge in [-0.2, -0.15) is 10.0 Å². The quantitative estimate of drug-likeness (QED) is 0.221. The fraction of sp³-hybridized carbons (Fsp3) is 0.185. The van der Waals surface area contributed by atoms with Crippen LogP contribution in [0, 0.1) is 0 Å². The van der Waals surface area contributed by atoms with Crippen molar-refractivity contribution in [2.45, 2.75) is 21.1 Å². The third kappa shape index (κ3) is 6.49. The predicted octanol–water partition coefficient (Wildman–Crippen LogP) is 5.81. The van der Waals surface area contributed by atoms with Crippen molar-refractivity contribution >= 4 is 22.1 Å². The van der Waals surface area contributed by atoms with E-state index in [0.29, 0.717) is 13.0 Å². The first kappa shape index (κ1) is 24.1. The van der Waals surface area contributed by atoms with Crippen molar-refractivity contribution in [3.05, 3.63) is 104 Å². The zero-order valence-corrected chi connectivity index (χ0v) is 19.3. The van der Waals surface area contributed by atoms with E-state index in [0.717, 1.165) is 11.8 Å². The van der Waals surface area contributed by atoms with E-state index in [1.54, 1.807) is 0 Å². The van der Waals surface area contributed by atoms with Crippen LogP contribution >= 0.6 is 10.0 Å². The summed E-state index contributed by atoms with van der Waals surface area (Å²) < 4.78 is 10.2. The molecule has 0 saturated heterocycles. The summed E-state index contributed by atoms with van der Waals surface area (Å²) in [5.41, 5.74) is 0. The number of amides is 1. The maximum absolute atomic E-state index is 12.0. The van der Waals surface area contributed by atoms with Gasteiger partial charge in [0.2, 0.25) is 0 Å². The molecule has 0 aliphatic carbocycles. The Morgan fingerprint density at radius 3 is 1.70 bits per heavy atom. The maximum atomic E-state index is 12.0. The summed E-state index contributed by atoms with van der Waals surface area (Å²) in [5, 5.41) is 2.59. The summed E-state index contributed by atoms with van der Waals surface area (Å²) in [4.78, 5) is 26.9. The van der Waals surface area contributed by atoms with E-state index in [4.69, 9.17) is 9.47 Å². The molecule has 0 atom stereocenters. The molecule has 0 spiro atoms. The topological polar surface area (TPSA) is 64.6 Å². The summed E-state index contributed by atoms with van der Waals surface area (Å²) >= 11 is 0. The van der Waals surface area contributed by atoms with Gasteiger partial charge < -0.3 is 14.8 Å². The molecule has 0 fully saturated rings. The molecule has 33 heavy (non-hydrogen) atoms. The maximum Gasteiger partial charge on any atom is 0.407 e. The molecule has 0 aliphatic rings. The van der Waals surface area contributed by atoms with Crippen molar-refractivity contribution in [2.75, 3.05) is 25.5 Å². The number of alkyl carbamates (subject to hydrolysis) is 1. The normalized spacial score (nSPS) is 11.3. The number of carbonyl (C=O) groups excluding carboxylic acids is 2. The van der Waals surface area contributed by atoms with Crippen molar-refractivity contribution < 1.29 is 19.1 Å². The van der Waals surface area contributed by atoms with E-state index in [1.807, 2.05) is 18.2 Å². The molecule has 3 rings (SSSR count). The molecular formula is C27H29NO4S. The Labute approximate surface area is 196 Å². The Kier molecular flexibility index (Phi) is 9.15. The highest BCUT2D eigenvalue weighted by Gasteiger charge is 2.30. The third-order valence-electron chi connectivity index (χ3n) is 5.05. The third-order valence-corrected chi connectivity index (χ3v) is 9.18. The van der Waals surface area contributed by atoms with Gasteiger partial charge in [0.1, 0.15) is 6.61 Å². The first-order valence-corrected chi connectivity index (χ1v) is 12.6. The highest BCUT2D eigenvalue weighted by Crippen LogP contribution is 2.68. The molecule has 0 heterocycles. The molecule has 0 unspecified atom stereocenters. The average molecular weight is 464 g/mol. The Morgan fingerprint density at radius 1 is 0.758 bits per heavy atom. The molecule has 3 aromatic carbocycles. The molecule has 0 aromatic heterocycles. The van der Waals surface area contributed by atoms with Crippen molar-refractivity contribution in [1.29, 1.82) is 0 Å². The molecule has 1 N–H and O–H groups in total. The molecule has 5 nitrogen and oxygen atoms in total. The second-order valence-electron chi connectivity index (χ2n) is 7.17. The number of ether oxygens (including phenoxy) is 2. The van der Waals surface area contributed by atoms with E-state index in [9.17, 15) is 9.59 Å². The summed E-state index contributed by atoms with van der Waals surface area (Å²) in [6, 6.07) is 31.7. The van der Waals surface area contributed by atoms with Gasteiger partial charge in [0.05, 0.1) is 13.2 Å². The van der Waals surface area contributed by atoms with Crippen molar-refractivity contribution in [3.63, 3.8) is 0 Å². The fourth-order valence-electron chi connectivity index (χ4n) is 3.58. The Hall–Kier alpha value is -3.51. The Bertz CT molecular complexity index is 929. The predicted molar refractivity (Wildman–Crippen MR) is 132 cm³/mol. The number of rotatable bonds is 11. The minimum absolute atomic E-state index is 0.0727. The lowest BCUT2D eigenvalue weighted by Crippen LogP contribution is -2.29. The van der Waals surface area contributed by atoms with E-state index in [1.165, 1.54) is 14.7 Å². The van der Waals surface area contributed by atoms with Crippen molar-refractivity contribution in [1.82, 2.24) is 5.32 Å². The zero-order valence-electron chi connectivity index (χ0n) is 18.5. The first-order valence-electron chi connectivity index (χ1n) is 10.8. The number of hydrogen-bond donors (Lipinski definition) is 1. The number of carbonyl (C=O) groups is 2. The highest BCUT2D eigenvalue weighted by atomic mass is 32.3. The van der Waals surface area contributed by atoms with Gasteiger partial charge in [-0.25, -0.2) is 9.59 Å². The number of hydrogen-bond acceptors (Lipinski definition) is 4. The smallest absolute Gasteiger partial charge is 0.407 e. The molecule has 172 valence electrons. The SMILES string of the molecule is C=CC(=O)OCCNC(=O)OCCCS(c1ccccc1)(c1ccccc1)c1ccccc1. The van der Waals surface area contributed by atoms with Gasteiger partial charge in [-0.1, -0.05) is 61.2 Å². The second kappa shape index (κ2) is 12.5. The minimum atomic E-state index is -1.54. The largest absolute Gasteiger partial charge is 0.461 e. The van der Waals surface area contributed by atoms with Gasteiger partial charge in [-0.15, -0.1) is 0 Å². The second-order valence-corrected chi connectivity index (χ2v) is 10.5. The Morgan fingerprint density at radius 2 is 1.24 bits per heavy atom. The first-order chi connectivity index (χ1) is 16.2. The average Bonchev–Trinajstić information content (AvgIpc) is 2.88. The van der Waals surface area contributed by atoms with Gasteiger partial charge in [-0.05, 0) is 63.3 Å². The van der Waals surface area contributed by atoms with Gasteiger partial charge in [0.15, 0.2) is 0 Å². The lowest BCUT2D eigenvalue weighted by molar-refractivity contribution is -0.137. The van der Waals surface area contributed by atoms with Crippen LogP contribution in [-0.2, 0) is 14.3 Å². The van der Waals surface area contributed by atoms with Gasteiger partial charge in [-0.3, -0.25) is 0 Å². The number of nitrogens with one attached hydrogen (secondary N) is 1. The van der Waals surface area contributed by atoms with E-state index < -0.39 is 22.1 Å². The van der Waals surface area contributed by atoms with Crippen molar-refractivity contribution in [2.24, 2.45) is 0 Å². The minimum Gasteiger partial charge on any atom is -0.461 e. The van der Waals surface area contributed by atoms with E-state index in [2.05, 4.69) is 84.7 Å². The van der Waals surface area contributed by atoms with Crippen LogP contribution in [0.1, 0.15) is 6.42 Å². The summed E-state index contributed by atoms with van der Waals surface area (Å²) in [7, 11) is -1.54. The molecule has 0 saturated carbocycles. The molecular weight excluding hydrogens is 434 g/mol. The lowest BCUT2D eigenvalue weighted by Gasteiger charge is -2.41. The van der Waals surface area contributed by atoms with Crippen LogP contribution in [0.25, 0.3) is 0 Å². The summed E-state index contributed by atoms with van der Waals surface area (Å²) in [6.45, 7) is 3.88. The molecule has 3 aromatic rings. The van der Waals surface area contributed by atoms with E-state index >= 15 is 0 Å². The molecule has 0 radical (unpaired) electrons. The van der Waals surface area contributed by atoms with Crippen LogP contribution < -0.4 is 5.32 Å². The Balaban J connectivity index is 1.72.